The number of amides is 1. The number of carbonyl (C=O) groups excluding carboxylic acids is 1. The number of anilines is 1. The number of nitrogens with zero attached hydrogens (tertiary/aromatic N) is 2. The Labute approximate surface area is 160 Å². The zero-order valence-corrected chi connectivity index (χ0v) is 15.8. The number of hydrogen-bond acceptors (Lipinski definition) is 3. The summed E-state index contributed by atoms with van der Waals surface area (Å²) in [6.07, 6.45) is 3.43. The third kappa shape index (κ3) is 5.17. The van der Waals surface area contributed by atoms with Crippen LogP contribution in [-0.4, -0.2) is 16.9 Å². The number of benzene rings is 2. The third-order valence-corrected chi connectivity index (χ3v) is 4.43. The fourth-order valence-electron chi connectivity index (χ4n) is 2.94. The summed E-state index contributed by atoms with van der Waals surface area (Å²) in [5, 5.41) is 2.96. The van der Waals surface area contributed by atoms with E-state index in [4.69, 9.17) is 0 Å². The predicted molar refractivity (Wildman–Crippen MR) is 110 cm³/mol. The zero-order valence-electron chi connectivity index (χ0n) is 15.8. The number of pyridine rings is 1. The van der Waals surface area contributed by atoms with Gasteiger partial charge in [-0.05, 0) is 31.0 Å². The monoisotopic (exact) mass is 359 g/mol. The summed E-state index contributed by atoms with van der Waals surface area (Å²) in [6.45, 7) is 5.56. The summed E-state index contributed by atoms with van der Waals surface area (Å²) in [5.41, 5.74) is 3.82. The molecule has 4 heteroatoms. The molecular weight excluding hydrogens is 334 g/mol. The van der Waals surface area contributed by atoms with E-state index in [-0.39, 0.29) is 11.9 Å². The Hall–Kier alpha value is -3.14. The Kier molecular flexibility index (Phi) is 6.21. The van der Waals surface area contributed by atoms with Crippen molar-refractivity contribution in [2.75, 3.05) is 4.90 Å². The number of carbonyl (C=O) groups is 1. The molecule has 0 saturated heterocycles. The van der Waals surface area contributed by atoms with Crippen molar-refractivity contribution in [3.8, 4) is 0 Å². The highest BCUT2D eigenvalue weighted by Gasteiger charge is 2.14. The van der Waals surface area contributed by atoms with Gasteiger partial charge in [0, 0.05) is 25.3 Å². The van der Waals surface area contributed by atoms with Crippen molar-refractivity contribution in [1.29, 1.82) is 0 Å². The summed E-state index contributed by atoms with van der Waals surface area (Å²) in [7, 11) is 0. The molecule has 3 rings (SSSR count). The number of hydrogen-bond donors (Lipinski definition) is 1. The van der Waals surface area contributed by atoms with Gasteiger partial charge in [-0.25, -0.2) is 0 Å². The molecule has 2 aromatic carbocycles. The minimum atomic E-state index is -0.114. The van der Waals surface area contributed by atoms with Crippen LogP contribution in [0.25, 0.3) is 0 Å². The van der Waals surface area contributed by atoms with Crippen LogP contribution in [0.4, 0.5) is 5.69 Å². The molecule has 3 aromatic rings. The molecule has 1 heterocycles. The van der Waals surface area contributed by atoms with Gasteiger partial charge in [-0.15, -0.1) is 0 Å². The number of aromatic nitrogens is 1. The topological polar surface area (TPSA) is 45.2 Å². The molecular formula is C23H25N3O. The van der Waals surface area contributed by atoms with Crippen molar-refractivity contribution < 1.29 is 4.79 Å². The van der Waals surface area contributed by atoms with Crippen LogP contribution in [-0.2, 0) is 13.1 Å². The Morgan fingerprint density at radius 3 is 2.22 bits per heavy atom. The summed E-state index contributed by atoms with van der Waals surface area (Å²) in [6, 6.07) is 22.4. The number of nitrogens with one attached hydrogen (secondary N) is 1. The minimum absolute atomic E-state index is 0.114. The lowest BCUT2D eigenvalue weighted by Crippen LogP contribution is -2.31. The molecule has 0 spiro atoms. The first-order chi connectivity index (χ1) is 13.1. The highest BCUT2D eigenvalue weighted by Crippen LogP contribution is 2.20. The molecule has 0 atom stereocenters. The van der Waals surface area contributed by atoms with Gasteiger partial charge >= 0.3 is 0 Å². The van der Waals surface area contributed by atoms with Crippen molar-refractivity contribution in [3.05, 3.63) is 95.8 Å². The van der Waals surface area contributed by atoms with Gasteiger partial charge in [-0.3, -0.25) is 9.78 Å². The lowest BCUT2D eigenvalue weighted by Gasteiger charge is -2.29. The van der Waals surface area contributed by atoms with E-state index in [9.17, 15) is 4.79 Å². The molecule has 27 heavy (non-hydrogen) atoms. The van der Waals surface area contributed by atoms with E-state index in [1.807, 2.05) is 60.8 Å². The van der Waals surface area contributed by atoms with Gasteiger partial charge in [0.25, 0.3) is 5.91 Å². The fourth-order valence-corrected chi connectivity index (χ4v) is 2.94. The van der Waals surface area contributed by atoms with Crippen molar-refractivity contribution in [3.63, 3.8) is 0 Å². The van der Waals surface area contributed by atoms with E-state index in [1.165, 1.54) is 5.56 Å². The van der Waals surface area contributed by atoms with E-state index in [2.05, 4.69) is 41.2 Å². The molecule has 0 saturated carbocycles. The Morgan fingerprint density at radius 2 is 1.59 bits per heavy atom. The lowest BCUT2D eigenvalue weighted by molar-refractivity contribution is 0.0950. The molecule has 0 unspecified atom stereocenters. The van der Waals surface area contributed by atoms with Crippen molar-refractivity contribution in [2.45, 2.75) is 33.0 Å². The third-order valence-electron chi connectivity index (χ3n) is 4.43. The molecule has 1 amide bonds. The minimum Gasteiger partial charge on any atom is -0.364 e. The smallest absolute Gasteiger partial charge is 0.253 e. The predicted octanol–water partition coefficient (Wildman–Crippen LogP) is 4.43. The first-order valence-electron chi connectivity index (χ1n) is 9.21. The molecule has 0 bridgehead atoms. The van der Waals surface area contributed by atoms with Crippen LogP contribution < -0.4 is 10.2 Å². The second-order valence-electron chi connectivity index (χ2n) is 6.81. The van der Waals surface area contributed by atoms with Crippen LogP contribution in [0.5, 0.6) is 0 Å². The molecule has 4 nitrogen and oxygen atoms in total. The zero-order chi connectivity index (χ0) is 19.1. The summed E-state index contributed by atoms with van der Waals surface area (Å²) < 4.78 is 0. The molecule has 0 radical (unpaired) electrons. The highest BCUT2D eigenvalue weighted by molar-refractivity contribution is 5.94. The molecule has 0 fully saturated rings. The average molecular weight is 359 g/mol. The summed E-state index contributed by atoms with van der Waals surface area (Å²) >= 11 is 0. The van der Waals surface area contributed by atoms with Gasteiger partial charge in [-0.1, -0.05) is 60.7 Å². The van der Waals surface area contributed by atoms with Gasteiger partial charge in [0.05, 0.1) is 17.4 Å². The maximum Gasteiger partial charge on any atom is 0.253 e. The number of rotatable bonds is 7. The normalized spacial score (nSPS) is 10.6. The SMILES string of the molecule is CC(C)N(Cc1ccccc1)c1cncc(C(=O)NCc2ccccc2)c1. The molecule has 0 aliphatic carbocycles. The second-order valence-corrected chi connectivity index (χ2v) is 6.81. The van der Waals surface area contributed by atoms with Crippen LogP contribution in [0.2, 0.25) is 0 Å². The Balaban J connectivity index is 1.73. The van der Waals surface area contributed by atoms with Gasteiger partial charge < -0.3 is 10.2 Å². The molecule has 138 valence electrons. The van der Waals surface area contributed by atoms with Crippen molar-refractivity contribution in [2.24, 2.45) is 0 Å². The van der Waals surface area contributed by atoms with Crippen LogP contribution in [0.3, 0.4) is 0 Å². The van der Waals surface area contributed by atoms with E-state index in [0.717, 1.165) is 17.8 Å². The average Bonchev–Trinajstić information content (AvgIpc) is 2.71. The second kappa shape index (κ2) is 8.99. The van der Waals surface area contributed by atoms with Crippen LogP contribution >= 0.6 is 0 Å². The van der Waals surface area contributed by atoms with Gasteiger partial charge in [-0.2, -0.15) is 0 Å². The maximum absolute atomic E-state index is 12.6. The van der Waals surface area contributed by atoms with Gasteiger partial charge in [0.15, 0.2) is 0 Å². The Bertz CT molecular complexity index is 863. The fraction of sp³-hybridized carbons (Fsp3) is 0.217. The van der Waals surface area contributed by atoms with Crippen molar-refractivity contribution in [1.82, 2.24) is 10.3 Å². The van der Waals surface area contributed by atoms with E-state index >= 15 is 0 Å². The first-order valence-corrected chi connectivity index (χ1v) is 9.21. The lowest BCUT2D eigenvalue weighted by atomic mass is 10.1. The summed E-state index contributed by atoms with van der Waals surface area (Å²) in [4.78, 5) is 19.1. The molecule has 0 aliphatic heterocycles. The quantitative estimate of drug-likeness (QED) is 0.679. The summed E-state index contributed by atoms with van der Waals surface area (Å²) in [5.74, 6) is -0.114. The standard InChI is InChI=1S/C23H25N3O/c1-18(2)26(17-20-11-7-4-8-12-20)22-13-21(15-24-16-22)23(27)25-14-19-9-5-3-6-10-19/h3-13,15-16,18H,14,17H2,1-2H3,(H,25,27). The van der Waals surface area contributed by atoms with Crippen LogP contribution in [0, 0.1) is 0 Å². The van der Waals surface area contributed by atoms with E-state index < -0.39 is 0 Å². The first kappa shape index (κ1) is 18.6. The van der Waals surface area contributed by atoms with Gasteiger partial charge in [0.1, 0.15) is 0 Å². The van der Waals surface area contributed by atoms with E-state index in [0.29, 0.717) is 12.1 Å². The van der Waals surface area contributed by atoms with Crippen LogP contribution in [0.15, 0.2) is 79.1 Å². The maximum atomic E-state index is 12.6. The van der Waals surface area contributed by atoms with E-state index in [1.54, 1.807) is 6.20 Å². The van der Waals surface area contributed by atoms with Crippen molar-refractivity contribution >= 4 is 11.6 Å². The molecule has 1 aromatic heterocycles. The largest absolute Gasteiger partial charge is 0.364 e. The van der Waals surface area contributed by atoms with Gasteiger partial charge in [0.2, 0.25) is 0 Å². The molecule has 1 N–H and O–H groups in total. The highest BCUT2D eigenvalue weighted by atomic mass is 16.1. The Morgan fingerprint density at radius 1 is 0.963 bits per heavy atom. The molecule has 0 aliphatic rings. The van der Waals surface area contributed by atoms with Crippen LogP contribution in [0.1, 0.15) is 35.3 Å².